The smallest absolute Gasteiger partial charge is 0.416 e. The number of aromatic nitrogens is 2. The van der Waals surface area contributed by atoms with Gasteiger partial charge in [0.25, 0.3) is 0 Å². The van der Waals surface area contributed by atoms with Gasteiger partial charge in [0.05, 0.1) is 11.3 Å². The molecular formula is C36H44F4N4O2. The average Bonchev–Trinajstić information content (AvgIpc) is 3.61. The van der Waals surface area contributed by atoms with Crippen molar-refractivity contribution in [3.8, 4) is 0 Å². The number of benzene rings is 2. The van der Waals surface area contributed by atoms with Gasteiger partial charge < -0.3 is 14.9 Å². The number of aliphatic carboxylic acids is 1. The number of halogens is 4. The second kappa shape index (κ2) is 14.0. The Morgan fingerprint density at radius 1 is 1.04 bits per heavy atom. The Kier molecular flexibility index (Phi) is 10.2. The lowest BCUT2D eigenvalue weighted by Gasteiger charge is -2.35. The van der Waals surface area contributed by atoms with Gasteiger partial charge in [-0.25, -0.2) is 9.18 Å². The van der Waals surface area contributed by atoms with E-state index in [1.807, 2.05) is 36.5 Å². The first-order chi connectivity index (χ1) is 21.8. The molecule has 1 saturated heterocycles. The predicted molar refractivity (Wildman–Crippen MR) is 170 cm³/mol. The largest absolute Gasteiger partial charge is 0.477 e. The Balaban J connectivity index is 1.25. The van der Waals surface area contributed by atoms with Crippen LogP contribution in [0.4, 0.5) is 17.6 Å². The van der Waals surface area contributed by atoms with E-state index >= 15 is 0 Å². The predicted octanol–water partition coefficient (Wildman–Crippen LogP) is 7.70. The fourth-order valence-corrected chi connectivity index (χ4v) is 7.58. The van der Waals surface area contributed by atoms with E-state index in [0.29, 0.717) is 18.0 Å². The van der Waals surface area contributed by atoms with Gasteiger partial charge in [0.2, 0.25) is 0 Å². The van der Waals surface area contributed by atoms with Gasteiger partial charge in [-0.2, -0.15) is 18.3 Å². The van der Waals surface area contributed by atoms with Crippen LogP contribution >= 0.6 is 0 Å². The molecular weight excluding hydrogens is 596 g/mol. The number of carboxylic acids is 1. The first-order valence-corrected chi connectivity index (χ1v) is 16.2. The van der Waals surface area contributed by atoms with Crippen molar-refractivity contribution in [3.05, 3.63) is 99.8 Å². The lowest BCUT2D eigenvalue weighted by molar-refractivity contribution is -0.137. The molecule has 6 nitrogen and oxygen atoms in total. The van der Waals surface area contributed by atoms with Crippen molar-refractivity contribution in [1.82, 2.24) is 19.6 Å². The Hall–Kier alpha value is -3.66. The summed E-state index contributed by atoms with van der Waals surface area (Å²) in [5.41, 5.74) is 4.23. The number of hydrogen-bond acceptors (Lipinski definition) is 4. The third-order valence-corrected chi connectivity index (χ3v) is 9.85. The van der Waals surface area contributed by atoms with Gasteiger partial charge in [-0.3, -0.25) is 4.68 Å². The zero-order valence-electron chi connectivity index (χ0n) is 27.0. The van der Waals surface area contributed by atoms with E-state index in [4.69, 9.17) is 5.10 Å². The van der Waals surface area contributed by atoms with Crippen molar-refractivity contribution in [3.63, 3.8) is 0 Å². The highest BCUT2D eigenvalue weighted by Crippen LogP contribution is 2.44. The first kappa shape index (κ1) is 33.7. The molecule has 1 aliphatic heterocycles. The van der Waals surface area contributed by atoms with Gasteiger partial charge in [-0.15, -0.1) is 0 Å². The first-order valence-electron chi connectivity index (χ1n) is 16.2. The summed E-state index contributed by atoms with van der Waals surface area (Å²) in [5.74, 6) is -0.460. The van der Waals surface area contributed by atoms with Crippen LogP contribution in [0.1, 0.15) is 86.4 Å². The van der Waals surface area contributed by atoms with Crippen LogP contribution in [-0.4, -0.2) is 63.4 Å². The van der Waals surface area contributed by atoms with Gasteiger partial charge in [0.15, 0.2) is 0 Å². The monoisotopic (exact) mass is 640 g/mol. The lowest BCUT2D eigenvalue weighted by Crippen LogP contribution is -2.38. The summed E-state index contributed by atoms with van der Waals surface area (Å²) in [7, 11) is 1.86. The Morgan fingerprint density at radius 3 is 2.33 bits per heavy atom. The van der Waals surface area contributed by atoms with Crippen LogP contribution in [0.15, 0.2) is 65.9 Å². The van der Waals surface area contributed by atoms with E-state index in [1.165, 1.54) is 23.9 Å². The SMILES string of the molecule is CCn1nc(Cc2ccc(C(F)(F)F)cc2)cc1C1CCN(C[C@H]2C[C@H](N(C)C(C(=O)O)=C(C)C)C[C@@H]2c2cccc(F)c2)CC1. The standard InChI is InChI=1S/C36H44F4N4O2/c1-5-44-33(20-30(41-44)17-24-9-11-28(12-10-24)36(38,39)40)25-13-15-43(16-14-25)22-27-19-31(42(4)34(23(2)3)35(45)46)21-32(27)26-7-6-8-29(37)18-26/h6-12,18,20,25,27,31-32H,5,13-17,19,21-22H2,1-4H3,(H,45,46)/t27-,31+,32-/m1/s1. The number of hydrogen-bond donors (Lipinski definition) is 1. The highest BCUT2D eigenvalue weighted by Gasteiger charge is 2.40. The minimum Gasteiger partial charge on any atom is -0.477 e. The molecule has 248 valence electrons. The fraction of sp³-hybridized carbons (Fsp3) is 0.500. The minimum absolute atomic E-state index is 0.0406. The van der Waals surface area contributed by atoms with Gasteiger partial charge in [0, 0.05) is 44.2 Å². The topological polar surface area (TPSA) is 61.6 Å². The summed E-state index contributed by atoms with van der Waals surface area (Å²) in [5, 5.41) is 14.7. The number of rotatable bonds is 10. The molecule has 1 N–H and O–H groups in total. The molecule has 3 aromatic rings. The molecule has 46 heavy (non-hydrogen) atoms. The number of nitrogens with zero attached hydrogens (tertiary/aromatic N) is 4. The van der Waals surface area contributed by atoms with Crippen molar-refractivity contribution in [2.24, 2.45) is 5.92 Å². The fourth-order valence-electron chi connectivity index (χ4n) is 7.58. The zero-order chi connectivity index (χ0) is 33.2. The maximum absolute atomic E-state index is 14.3. The van der Waals surface area contributed by atoms with Gasteiger partial charge in [-0.1, -0.05) is 24.3 Å². The van der Waals surface area contributed by atoms with Crippen LogP contribution in [0, 0.1) is 11.7 Å². The Bertz CT molecular complexity index is 1540. The maximum Gasteiger partial charge on any atom is 0.416 e. The number of carbonyl (C=O) groups is 1. The van der Waals surface area contributed by atoms with Gasteiger partial charge in [0.1, 0.15) is 11.5 Å². The van der Waals surface area contributed by atoms with Crippen LogP contribution in [-0.2, 0) is 23.9 Å². The average molecular weight is 641 g/mol. The van der Waals surface area contributed by atoms with E-state index in [-0.39, 0.29) is 23.7 Å². The Labute approximate surface area is 268 Å². The van der Waals surface area contributed by atoms with Crippen molar-refractivity contribution in [1.29, 1.82) is 0 Å². The van der Waals surface area contributed by atoms with Crippen LogP contribution in [0.25, 0.3) is 0 Å². The van der Waals surface area contributed by atoms with Crippen molar-refractivity contribution < 1.29 is 27.5 Å². The van der Waals surface area contributed by atoms with Crippen molar-refractivity contribution >= 4 is 5.97 Å². The highest BCUT2D eigenvalue weighted by atomic mass is 19.4. The Morgan fingerprint density at radius 2 is 1.74 bits per heavy atom. The molecule has 3 atom stereocenters. The van der Waals surface area contributed by atoms with Crippen LogP contribution in [0.3, 0.4) is 0 Å². The van der Waals surface area contributed by atoms with Gasteiger partial charge in [-0.05, 0) is 118 Å². The van der Waals surface area contributed by atoms with E-state index < -0.39 is 17.7 Å². The molecule has 0 bridgehead atoms. The molecule has 0 unspecified atom stereocenters. The second-order valence-electron chi connectivity index (χ2n) is 13.1. The summed E-state index contributed by atoms with van der Waals surface area (Å²) >= 11 is 0. The summed E-state index contributed by atoms with van der Waals surface area (Å²) in [6.07, 6.45) is -0.345. The van der Waals surface area contributed by atoms with E-state index in [2.05, 4.69) is 17.9 Å². The van der Waals surface area contributed by atoms with E-state index in [1.54, 1.807) is 12.1 Å². The number of allylic oxidation sites excluding steroid dienone is 1. The van der Waals surface area contributed by atoms with E-state index in [0.717, 1.165) is 86.4 Å². The molecule has 2 aromatic carbocycles. The number of alkyl halides is 3. The molecule has 1 aromatic heterocycles. The molecule has 0 radical (unpaired) electrons. The quantitative estimate of drug-likeness (QED) is 0.182. The summed E-state index contributed by atoms with van der Waals surface area (Å²) < 4.78 is 55.3. The number of likely N-dealkylation sites (tertiary alicyclic amines) is 1. The highest BCUT2D eigenvalue weighted by molar-refractivity contribution is 5.86. The number of likely N-dealkylation sites (N-methyl/N-ethyl adjacent to an activating group) is 1. The molecule has 5 rings (SSSR count). The molecule has 1 saturated carbocycles. The molecule has 0 spiro atoms. The minimum atomic E-state index is -4.35. The third kappa shape index (κ3) is 7.65. The van der Waals surface area contributed by atoms with Gasteiger partial charge >= 0.3 is 12.1 Å². The number of piperidine rings is 1. The van der Waals surface area contributed by atoms with Crippen molar-refractivity contribution in [2.45, 2.75) is 83.5 Å². The van der Waals surface area contributed by atoms with Crippen LogP contribution in [0.5, 0.6) is 0 Å². The maximum atomic E-state index is 14.3. The van der Waals surface area contributed by atoms with E-state index in [9.17, 15) is 27.5 Å². The summed E-state index contributed by atoms with van der Waals surface area (Å²) in [4.78, 5) is 16.5. The molecule has 1 aliphatic carbocycles. The number of carboxylic acid groups (broad SMARTS) is 1. The van der Waals surface area contributed by atoms with Crippen LogP contribution < -0.4 is 0 Å². The summed E-state index contributed by atoms with van der Waals surface area (Å²) in [6, 6.07) is 14.3. The van der Waals surface area contributed by atoms with Crippen molar-refractivity contribution in [2.75, 3.05) is 26.7 Å². The number of aryl methyl sites for hydroxylation is 1. The lowest BCUT2D eigenvalue weighted by atomic mass is 9.87. The third-order valence-electron chi connectivity index (χ3n) is 9.85. The zero-order valence-corrected chi connectivity index (χ0v) is 27.0. The second-order valence-corrected chi connectivity index (χ2v) is 13.1. The molecule has 10 heteroatoms. The normalized spacial score (nSPS) is 21.0. The summed E-state index contributed by atoms with van der Waals surface area (Å²) in [6.45, 7) is 9.11. The van der Waals surface area contributed by atoms with Crippen LogP contribution in [0.2, 0.25) is 0 Å². The molecule has 2 fully saturated rings. The molecule has 2 aliphatic rings. The molecule has 2 heterocycles. The molecule has 0 amide bonds.